The van der Waals surface area contributed by atoms with Gasteiger partial charge >= 0.3 is 0 Å². The number of hydrogen-bond donors (Lipinski definition) is 0. The van der Waals surface area contributed by atoms with Crippen LogP contribution in [0.3, 0.4) is 0 Å². The van der Waals surface area contributed by atoms with Gasteiger partial charge in [-0.2, -0.15) is 0 Å². The maximum Gasteiger partial charge on any atom is 0.294 e. The Balaban J connectivity index is 1.36. The molecule has 2 saturated heterocycles. The van der Waals surface area contributed by atoms with E-state index in [1.165, 1.54) is 5.56 Å². The number of ether oxygens (including phenoxy) is 1. The van der Waals surface area contributed by atoms with Crippen LogP contribution in [0.2, 0.25) is 0 Å². The lowest BCUT2D eigenvalue weighted by Crippen LogP contribution is -2.40. The van der Waals surface area contributed by atoms with E-state index in [4.69, 9.17) is 4.74 Å². The molecule has 7 heteroatoms. The monoisotopic (exact) mass is 436 g/mol. The van der Waals surface area contributed by atoms with Gasteiger partial charge in [0.2, 0.25) is 5.91 Å². The second-order valence-corrected chi connectivity index (χ2v) is 8.69. The average molecular weight is 437 g/mol. The molecule has 3 amide bonds. The number of hydrogen-bond acceptors (Lipinski definition) is 5. The van der Waals surface area contributed by atoms with Gasteiger partial charge in [-0.05, 0) is 60.9 Å². The highest BCUT2D eigenvalue weighted by Gasteiger charge is 2.37. The Morgan fingerprint density at radius 1 is 1.03 bits per heavy atom. The molecule has 31 heavy (non-hydrogen) atoms. The Morgan fingerprint density at radius 2 is 1.71 bits per heavy atom. The van der Waals surface area contributed by atoms with Crippen molar-refractivity contribution in [3.63, 3.8) is 0 Å². The van der Waals surface area contributed by atoms with Crippen molar-refractivity contribution in [2.75, 3.05) is 19.6 Å². The number of aryl methyl sites for hydroxylation is 1. The van der Waals surface area contributed by atoms with Gasteiger partial charge in [-0.25, -0.2) is 0 Å². The number of nitrogens with zero attached hydrogens (tertiary/aromatic N) is 2. The van der Waals surface area contributed by atoms with Crippen LogP contribution in [0.4, 0.5) is 4.79 Å². The number of rotatable bonds is 6. The molecule has 0 radical (unpaired) electrons. The van der Waals surface area contributed by atoms with E-state index in [-0.39, 0.29) is 12.5 Å². The van der Waals surface area contributed by atoms with Gasteiger partial charge in [0.15, 0.2) is 0 Å². The molecule has 0 N–H and O–H groups in total. The molecule has 6 nitrogen and oxygen atoms in total. The summed E-state index contributed by atoms with van der Waals surface area (Å²) in [4.78, 5) is 40.3. The Hall–Kier alpha value is -3.06. The third-order valence-electron chi connectivity index (χ3n) is 5.33. The first-order valence-corrected chi connectivity index (χ1v) is 11.1. The summed E-state index contributed by atoms with van der Waals surface area (Å²) in [6.07, 6.45) is 3.62. The number of imide groups is 1. The molecule has 2 aromatic carbocycles. The fourth-order valence-corrected chi connectivity index (χ4v) is 4.34. The number of carbonyl (C=O) groups excluding carboxylic acids is 3. The molecule has 160 valence electrons. The van der Waals surface area contributed by atoms with Crippen LogP contribution in [0, 0.1) is 6.92 Å². The first-order valence-electron chi connectivity index (χ1n) is 10.3. The minimum atomic E-state index is -0.415. The van der Waals surface area contributed by atoms with Crippen molar-refractivity contribution in [1.29, 1.82) is 0 Å². The second-order valence-electron chi connectivity index (χ2n) is 7.70. The number of benzene rings is 2. The Morgan fingerprint density at radius 3 is 2.39 bits per heavy atom. The maximum absolute atomic E-state index is 12.6. The fraction of sp³-hybridized carbons (Fsp3) is 0.292. The number of carbonyl (C=O) groups is 3. The van der Waals surface area contributed by atoms with Crippen LogP contribution in [0.5, 0.6) is 5.75 Å². The highest BCUT2D eigenvalue weighted by molar-refractivity contribution is 8.18. The fourth-order valence-electron chi connectivity index (χ4n) is 3.50. The van der Waals surface area contributed by atoms with Gasteiger partial charge in [0.1, 0.15) is 18.9 Å². The van der Waals surface area contributed by atoms with Gasteiger partial charge in [-0.1, -0.05) is 42.0 Å². The highest BCUT2D eigenvalue weighted by Crippen LogP contribution is 2.32. The van der Waals surface area contributed by atoms with E-state index >= 15 is 0 Å². The van der Waals surface area contributed by atoms with Crippen LogP contribution in [-0.4, -0.2) is 46.5 Å². The zero-order valence-corrected chi connectivity index (χ0v) is 18.2. The summed E-state index contributed by atoms with van der Waals surface area (Å²) >= 11 is 0.871. The van der Waals surface area contributed by atoms with Gasteiger partial charge < -0.3 is 9.64 Å². The predicted molar refractivity (Wildman–Crippen MR) is 120 cm³/mol. The summed E-state index contributed by atoms with van der Waals surface area (Å²) in [5, 5.41) is -0.401. The SMILES string of the molecule is Cc1ccc(COc2ccc(/C=C3\SC(=O)N(CC(=O)N4CCCC4)C3=O)cc2)cc1. The Kier molecular flexibility index (Phi) is 6.42. The molecule has 0 aromatic heterocycles. The summed E-state index contributed by atoms with van der Waals surface area (Å²) in [5.41, 5.74) is 3.09. The van der Waals surface area contributed by atoms with E-state index in [2.05, 4.69) is 0 Å². The van der Waals surface area contributed by atoms with Crippen molar-refractivity contribution >= 4 is 34.9 Å². The first-order chi connectivity index (χ1) is 15.0. The third-order valence-corrected chi connectivity index (χ3v) is 6.24. The van der Waals surface area contributed by atoms with Crippen LogP contribution in [0.15, 0.2) is 53.4 Å². The summed E-state index contributed by atoms with van der Waals surface area (Å²) in [6.45, 7) is 3.73. The summed E-state index contributed by atoms with van der Waals surface area (Å²) in [7, 11) is 0. The predicted octanol–water partition coefficient (Wildman–Crippen LogP) is 4.23. The molecule has 2 aromatic rings. The lowest BCUT2D eigenvalue weighted by Gasteiger charge is -2.18. The molecule has 0 unspecified atom stereocenters. The van der Waals surface area contributed by atoms with Gasteiger partial charge in [-0.15, -0.1) is 0 Å². The van der Waals surface area contributed by atoms with Crippen molar-refractivity contribution in [3.8, 4) is 5.75 Å². The lowest BCUT2D eigenvalue weighted by molar-refractivity contribution is -0.135. The molecular formula is C24H24N2O4S. The van der Waals surface area contributed by atoms with Crippen molar-refractivity contribution < 1.29 is 19.1 Å². The molecule has 0 bridgehead atoms. The zero-order valence-electron chi connectivity index (χ0n) is 17.4. The molecule has 0 aliphatic carbocycles. The van der Waals surface area contributed by atoms with Crippen LogP contribution >= 0.6 is 11.8 Å². The van der Waals surface area contributed by atoms with Gasteiger partial charge in [0, 0.05) is 13.1 Å². The lowest BCUT2D eigenvalue weighted by atomic mass is 10.1. The number of amides is 3. The van der Waals surface area contributed by atoms with E-state index in [0.29, 0.717) is 24.6 Å². The molecule has 0 saturated carbocycles. The minimum absolute atomic E-state index is 0.170. The Labute approximate surface area is 185 Å². The highest BCUT2D eigenvalue weighted by atomic mass is 32.2. The Bertz CT molecular complexity index is 1010. The quantitative estimate of drug-likeness (QED) is 0.634. The normalized spacial score (nSPS) is 17.6. The van der Waals surface area contributed by atoms with Crippen molar-refractivity contribution in [3.05, 3.63) is 70.1 Å². The number of thioether (sulfide) groups is 1. The second kappa shape index (κ2) is 9.39. The van der Waals surface area contributed by atoms with Crippen LogP contribution < -0.4 is 4.74 Å². The molecule has 2 fully saturated rings. The topological polar surface area (TPSA) is 66.9 Å². The van der Waals surface area contributed by atoms with Crippen LogP contribution in [0.25, 0.3) is 6.08 Å². The van der Waals surface area contributed by atoms with Crippen LogP contribution in [0.1, 0.15) is 29.5 Å². The summed E-state index contributed by atoms with van der Waals surface area (Å²) in [6, 6.07) is 15.5. The molecule has 2 aliphatic heterocycles. The van der Waals surface area contributed by atoms with Crippen LogP contribution in [-0.2, 0) is 16.2 Å². The molecule has 0 spiro atoms. The van der Waals surface area contributed by atoms with Crippen molar-refractivity contribution in [2.45, 2.75) is 26.4 Å². The molecule has 0 atom stereocenters. The van der Waals surface area contributed by atoms with Gasteiger partial charge in [-0.3, -0.25) is 19.3 Å². The van der Waals surface area contributed by atoms with Crippen molar-refractivity contribution in [2.24, 2.45) is 0 Å². The van der Waals surface area contributed by atoms with Gasteiger partial charge in [0.05, 0.1) is 4.91 Å². The summed E-state index contributed by atoms with van der Waals surface area (Å²) < 4.78 is 5.81. The first kappa shape index (κ1) is 21.2. The van der Waals surface area contributed by atoms with E-state index in [1.807, 2.05) is 55.5 Å². The molecule has 2 heterocycles. The number of likely N-dealkylation sites (tertiary alicyclic amines) is 1. The molecular weight excluding hydrogens is 412 g/mol. The van der Waals surface area contributed by atoms with E-state index in [0.717, 1.165) is 46.4 Å². The average Bonchev–Trinajstić information content (AvgIpc) is 3.39. The minimum Gasteiger partial charge on any atom is -0.489 e. The van der Waals surface area contributed by atoms with E-state index in [9.17, 15) is 14.4 Å². The zero-order chi connectivity index (χ0) is 21.8. The third kappa shape index (κ3) is 5.17. The summed E-state index contributed by atoms with van der Waals surface area (Å²) in [5.74, 6) is 0.139. The smallest absolute Gasteiger partial charge is 0.294 e. The largest absolute Gasteiger partial charge is 0.489 e. The maximum atomic E-state index is 12.6. The molecule has 2 aliphatic rings. The van der Waals surface area contributed by atoms with E-state index in [1.54, 1.807) is 11.0 Å². The van der Waals surface area contributed by atoms with Gasteiger partial charge in [0.25, 0.3) is 11.1 Å². The van der Waals surface area contributed by atoms with Crippen molar-refractivity contribution in [1.82, 2.24) is 9.80 Å². The molecule has 4 rings (SSSR count). The standard InChI is InChI=1S/C24H24N2O4S/c1-17-4-6-19(7-5-17)16-30-20-10-8-18(9-11-20)14-21-23(28)26(24(29)31-21)15-22(27)25-12-2-3-13-25/h4-11,14H,2-3,12-13,15-16H2,1H3/b21-14-. The van der Waals surface area contributed by atoms with E-state index < -0.39 is 11.1 Å².